The van der Waals surface area contributed by atoms with Gasteiger partial charge in [-0.05, 0) is 37.1 Å². The normalized spacial score (nSPS) is 17.5. The number of halogens is 1. The van der Waals surface area contributed by atoms with E-state index in [1.807, 2.05) is 41.3 Å². The smallest absolute Gasteiger partial charge is 0.0646 e. The van der Waals surface area contributed by atoms with Crippen LogP contribution in [0.1, 0.15) is 18.4 Å². The summed E-state index contributed by atoms with van der Waals surface area (Å²) in [6.07, 6.45) is 5.56. The molecule has 0 aliphatic carbocycles. The predicted molar refractivity (Wildman–Crippen MR) is 79.1 cm³/mol. The van der Waals surface area contributed by atoms with Crippen molar-refractivity contribution in [1.82, 2.24) is 14.7 Å². The molecule has 2 heterocycles. The summed E-state index contributed by atoms with van der Waals surface area (Å²) in [5, 5.41) is 14.6. The summed E-state index contributed by atoms with van der Waals surface area (Å²) >= 11 is 5.89. The topological polar surface area (TPSA) is 41.3 Å². The Bertz CT molecular complexity index is 559. The minimum absolute atomic E-state index is 0.122. The SMILES string of the molecule is OC1CCN(Cc2cnn(-c3ccc(Cl)cc3)c2)CC1. The van der Waals surface area contributed by atoms with Gasteiger partial charge in [0.05, 0.1) is 18.0 Å². The minimum atomic E-state index is -0.122. The second-order valence-electron chi connectivity index (χ2n) is 5.28. The van der Waals surface area contributed by atoms with Crippen LogP contribution < -0.4 is 0 Å². The highest BCUT2D eigenvalue weighted by Gasteiger charge is 2.17. The van der Waals surface area contributed by atoms with E-state index < -0.39 is 0 Å². The van der Waals surface area contributed by atoms with Crippen LogP contribution in [0.5, 0.6) is 0 Å². The van der Waals surface area contributed by atoms with Crippen molar-refractivity contribution in [2.75, 3.05) is 13.1 Å². The standard InChI is InChI=1S/C15H18ClN3O/c16-13-1-3-14(4-2-13)19-11-12(9-17-19)10-18-7-5-15(20)6-8-18/h1-4,9,11,15,20H,5-8,10H2. The summed E-state index contributed by atoms with van der Waals surface area (Å²) in [7, 11) is 0. The van der Waals surface area contributed by atoms with Gasteiger partial charge in [0, 0.05) is 36.4 Å². The maximum Gasteiger partial charge on any atom is 0.0646 e. The van der Waals surface area contributed by atoms with Crippen molar-refractivity contribution in [2.24, 2.45) is 0 Å². The van der Waals surface area contributed by atoms with E-state index in [1.54, 1.807) is 0 Å². The Morgan fingerprint density at radius 1 is 1.20 bits per heavy atom. The average Bonchev–Trinajstić information content (AvgIpc) is 2.91. The third kappa shape index (κ3) is 3.20. The zero-order valence-corrected chi connectivity index (χ0v) is 12.0. The molecule has 1 aromatic heterocycles. The average molecular weight is 292 g/mol. The molecule has 1 saturated heterocycles. The Labute approximate surface area is 123 Å². The Kier molecular flexibility index (Phi) is 4.05. The summed E-state index contributed by atoms with van der Waals surface area (Å²) < 4.78 is 1.87. The molecular formula is C15H18ClN3O. The first-order valence-corrected chi connectivity index (χ1v) is 7.28. The van der Waals surface area contributed by atoms with Crippen molar-refractivity contribution >= 4 is 11.6 Å². The highest BCUT2D eigenvalue weighted by atomic mass is 35.5. The molecule has 0 atom stereocenters. The van der Waals surface area contributed by atoms with Gasteiger partial charge in [-0.2, -0.15) is 5.10 Å². The van der Waals surface area contributed by atoms with Crippen molar-refractivity contribution in [3.8, 4) is 5.69 Å². The molecule has 1 aromatic carbocycles. The van der Waals surface area contributed by atoms with Crippen LogP contribution in [0.4, 0.5) is 0 Å². The lowest BCUT2D eigenvalue weighted by molar-refractivity contribution is 0.0792. The Hall–Kier alpha value is -1.36. The molecule has 0 amide bonds. The van der Waals surface area contributed by atoms with Crippen LogP contribution in [0, 0.1) is 0 Å². The molecule has 4 nitrogen and oxygen atoms in total. The molecule has 1 N–H and O–H groups in total. The van der Waals surface area contributed by atoms with E-state index in [2.05, 4.69) is 10.00 Å². The molecule has 0 radical (unpaired) electrons. The van der Waals surface area contributed by atoms with Gasteiger partial charge in [0.25, 0.3) is 0 Å². The third-order valence-electron chi connectivity index (χ3n) is 3.69. The number of likely N-dealkylation sites (tertiary alicyclic amines) is 1. The molecule has 20 heavy (non-hydrogen) atoms. The molecule has 0 unspecified atom stereocenters. The van der Waals surface area contributed by atoms with Gasteiger partial charge in [-0.3, -0.25) is 4.90 Å². The number of benzene rings is 1. The fraction of sp³-hybridized carbons (Fsp3) is 0.400. The summed E-state index contributed by atoms with van der Waals surface area (Å²) in [5.41, 5.74) is 2.20. The Balaban J connectivity index is 1.66. The van der Waals surface area contributed by atoms with Crippen LogP contribution in [0.25, 0.3) is 5.69 Å². The van der Waals surface area contributed by atoms with Gasteiger partial charge >= 0.3 is 0 Å². The van der Waals surface area contributed by atoms with Crippen LogP contribution in [0.2, 0.25) is 5.02 Å². The van der Waals surface area contributed by atoms with E-state index in [4.69, 9.17) is 11.6 Å². The lowest BCUT2D eigenvalue weighted by Crippen LogP contribution is -2.35. The van der Waals surface area contributed by atoms with E-state index in [0.29, 0.717) is 0 Å². The molecule has 0 saturated carbocycles. The fourth-order valence-corrected chi connectivity index (χ4v) is 2.64. The number of hydrogen-bond donors (Lipinski definition) is 1. The number of aliphatic hydroxyl groups excluding tert-OH is 1. The van der Waals surface area contributed by atoms with Crippen molar-refractivity contribution in [1.29, 1.82) is 0 Å². The summed E-state index contributed by atoms with van der Waals surface area (Å²) in [4.78, 5) is 2.36. The first kappa shape index (κ1) is 13.6. The molecule has 0 bridgehead atoms. The van der Waals surface area contributed by atoms with Gasteiger partial charge in [-0.25, -0.2) is 4.68 Å². The number of aliphatic hydroxyl groups is 1. The highest BCUT2D eigenvalue weighted by Crippen LogP contribution is 2.16. The lowest BCUT2D eigenvalue weighted by Gasteiger charge is -2.28. The van der Waals surface area contributed by atoms with Crippen LogP contribution in [0.3, 0.4) is 0 Å². The summed E-state index contributed by atoms with van der Waals surface area (Å²) in [6, 6.07) is 7.64. The maximum absolute atomic E-state index is 9.51. The van der Waals surface area contributed by atoms with Gasteiger partial charge in [-0.15, -0.1) is 0 Å². The van der Waals surface area contributed by atoms with Crippen LogP contribution in [-0.4, -0.2) is 39.0 Å². The van der Waals surface area contributed by atoms with E-state index in [0.717, 1.165) is 43.2 Å². The van der Waals surface area contributed by atoms with Crippen molar-refractivity contribution < 1.29 is 5.11 Å². The van der Waals surface area contributed by atoms with Crippen molar-refractivity contribution in [3.05, 3.63) is 47.2 Å². The fourth-order valence-electron chi connectivity index (χ4n) is 2.51. The first-order valence-electron chi connectivity index (χ1n) is 6.90. The van der Waals surface area contributed by atoms with Gasteiger partial charge in [0.1, 0.15) is 0 Å². The number of nitrogens with zero attached hydrogens (tertiary/aromatic N) is 3. The van der Waals surface area contributed by atoms with E-state index in [-0.39, 0.29) is 6.10 Å². The molecule has 106 valence electrons. The third-order valence-corrected chi connectivity index (χ3v) is 3.94. The molecular weight excluding hydrogens is 274 g/mol. The molecule has 0 spiro atoms. The van der Waals surface area contributed by atoms with Crippen LogP contribution >= 0.6 is 11.6 Å². The minimum Gasteiger partial charge on any atom is -0.393 e. The number of rotatable bonds is 3. The second kappa shape index (κ2) is 5.95. The van der Waals surface area contributed by atoms with Crippen molar-refractivity contribution in [2.45, 2.75) is 25.5 Å². The molecule has 1 fully saturated rings. The number of hydrogen-bond acceptors (Lipinski definition) is 3. The maximum atomic E-state index is 9.51. The van der Waals surface area contributed by atoms with E-state index in [9.17, 15) is 5.11 Å². The van der Waals surface area contributed by atoms with E-state index in [1.165, 1.54) is 5.56 Å². The molecule has 2 aromatic rings. The monoisotopic (exact) mass is 291 g/mol. The van der Waals surface area contributed by atoms with Crippen molar-refractivity contribution in [3.63, 3.8) is 0 Å². The number of aromatic nitrogens is 2. The zero-order chi connectivity index (χ0) is 13.9. The molecule has 3 rings (SSSR count). The van der Waals surface area contributed by atoms with Gasteiger partial charge in [0.15, 0.2) is 0 Å². The summed E-state index contributed by atoms with van der Waals surface area (Å²) in [5.74, 6) is 0. The van der Waals surface area contributed by atoms with Gasteiger partial charge < -0.3 is 5.11 Å². The predicted octanol–water partition coefficient (Wildman–Crippen LogP) is 2.48. The second-order valence-corrected chi connectivity index (χ2v) is 5.71. The van der Waals surface area contributed by atoms with Gasteiger partial charge in [-0.1, -0.05) is 11.6 Å². The molecule has 1 aliphatic heterocycles. The quantitative estimate of drug-likeness (QED) is 0.944. The zero-order valence-electron chi connectivity index (χ0n) is 11.2. The summed E-state index contributed by atoms with van der Waals surface area (Å²) in [6.45, 7) is 2.79. The van der Waals surface area contributed by atoms with Crippen LogP contribution in [0.15, 0.2) is 36.7 Å². The van der Waals surface area contributed by atoms with E-state index >= 15 is 0 Å². The van der Waals surface area contributed by atoms with Crippen LogP contribution in [-0.2, 0) is 6.54 Å². The Morgan fingerprint density at radius 3 is 2.60 bits per heavy atom. The molecule has 1 aliphatic rings. The number of piperidine rings is 1. The van der Waals surface area contributed by atoms with Gasteiger partial charge in [0.2, 0.25) is 0 Å². The largest absolute Gasteiger partial charge is 0.393 e. The lowest BCUT2D eigenvalue weighted by atomic mass is 10.1. The first-order chi connectivity index (χ1) is 9.70. The molecule has 5 heteroatoms. The Morgan fingerprint density at radius 2 is 1.90 bits per heavy atom. The highest BCUT2D eigenvalue weighted by molar-refractivity contribution is 6.30.